The number of aromatic nitrogens is 2. The maximum Gasteiger partial charge on any atom is 0.0521 e. The van der Waals surface area contributed by atoms with Crippen LogP contribution in [0.1, 0.15) is 32.8 Å². The monoisotopic (exact) mass is 223 g/mol. The highest BCUT2D eigenvalue weighted by atomic mass is 15.2. The lowest BCUT2D eigenvalue weighted by Crippen LogP contribution is -2.25. The zero-order valence-corrected chi connectivity index (χ0v) is 11.0. The summed E-state index contributed by atoms with van der Waals surface area (Å²) in [4.78, 5) is 0. The van der Waals surface area contributed by atoms with E-state index in [-0.39, 0.29) is 0 Å². The Kier molecular flexibility index (Phi) is 5.53. The molecule has 0 spiro atoms. The molecule has 0 aromatic carbocycles. The third kappa shape index (κ3) is 4.35. The van der Waals surface area contributed by atoms with E-state index in [1.807, 2.05) is 17.9 Å². The molecule has 1 N–H and O–H groups in total. The molecule has 3 nitrogen and oxygen atoms in total. The van der Waals surface area contributed by atoms with Gasteiger partial charge in [-0.25, -0.2) is 0 Å². The van der Waals surface area contributed by atoms with Crippen LogP contribution in [0.4, 0.5) is 0 Å². The lowest BCUT2D eigenvalue weighted by atomic mass is 9.90. The Bertz CT molecular complexity index is 293. The Morgan fingerprint density at radius 2 is 2.12 bits per heavy atom. The second-order valence-electron chi connectivity index (χ2n) is 4.82. The Morgan fingerprint density at radius 3 is 2.69 bits per heavy atom. The molecule has 0 saturated carbocycles. The fourth-order valence-corrected chi connectivity index (χ4v) is 1.85. The summed E-state index contributed by atoms with van der Waals surface area (Å²) in [7, 11) is 1.97. The quantitative estimate of drug-likeness (QED) is 0.768. The van der Waals surface area contributed by atoms with E-state index < -0.39 is 0 Å². The van der Waals surface area contributed by atoms with Crippen LogP contribution < -0.4 is 5.32 Å². The summed E-state index contributed by atoms with van der Waals surface area (Å²) in [6.07, 6.45) is 6.48. The molecule has 2 unspecified atom stereocenters. The number of nitrogens with one attached hydrogen (secondary N) is 1. The summed E-state index contributed by atoms with van der Waals surface area (Å²) in [5, 5.41) is 7.61. The minimum absolute atomic E-state index is 0.747. The average molecular weight is 223 g/mol. The van der Waals surface area contributed by atoms with Gasteiger partial charge in [-0.2, -0.15) is 5.10 Å². The van der Waals surface area contributed by atoms with E-state index in [2.05, 4.69) is 37.4 Å². The molecule has 1 aromatic rings. The molecule has 0 fully saturated rings. The fourth-order valence-electron chi connectivity index (χ4n) is 1.85. The number of rotatable bonds is 7. The second kappa shape index (κ2) is 6.69. The summed E-state index contributed by atoms with van der Waals surface area (Å²) in [6.45, 7) is 9.03. The van der Waals surface area contributed by atoms with Crippen LogP contribution in [0.2, 0.25) is 0 Å². The lowest BCUT2D eigenvalue weighted by Gasteiger charge is -2.19. The first-order valence-electron chi connectivity index (χ1n) is 6.31. The molecule has 0 aliphatic carbocycles. The zero-order chi connectivity index (χ0) is 12.0. The molecule has 92 valence electrons. The van der Waals surface area contributed by atoms with Gasteiger partial charge < -0.3 is 5.32 Å². The minimum atomic E-state index is 0.747. The van der Waals surface area contributed by atoms with Gasteiger partial charge in [-0.05, 0) is 43.3 Å². The summed E-state index contributed by atoms with van der Waals surface area (Å²) >= 11 is 0. The molecule has 0 aliphatic heterocycles. The zero-order valence-electron chi connectivity index (χ0n) is 11.0. The smallest absolute Gasteiger partial charge is 0.0521 e. The highest BCUT2D eigenvalue weighted by Gasteiger charge is 2.11. The van der Waals surface area contributed by atoms with Gasteiger partial charge in [-0.1, -0.05) is 20.8 Å². The number of hydrogen-bond donors (Lipinski definition) is 1. The first kappa shape index (κ1) is 13.2. The maximum atomic E-state index is 4.19. The SMILES string of the molecule is CCNCC(C)C(C)CCc1cnn(C)c1. The van der Waals surface area contributed by atoms with Crippen LogP contribution in [-0.2, 0) is 13.5 Å². The van der Waals surface area contributed by atoms with Crippen LogP contribution in [-0.4, -0.2) is 22.9 Å². The van der Waals surface area contributed by atoms with Crippen LogP contribution in [0.3, 0.4) is 0 Å². The first-order chi connectivity index (χ1) is 7.63. The Hall–Kier alpha value is -0.830. The molecule has 16 heavy (non-hydrogen) atoms. The topological polar surface area (TPSA) is 29.9 Å². The highest BCUT2D eigenvalue weighted by molar-refractivity contribution is 5.03. The van der Waals surface area contributed by atoms with Gasteiger partial charge >= 0.3 is 0 Å². The maximum absolute atomic E-state index is 4.19. The number of aryl methyl sites for hydroxylation is 2. The minimum Gasteiger partial charge on any atom is -0.317 e. The third-order valence-electron chi connectivity index (χ3n) is 3.33. The van der Waals surface area contributed by atoms with Crippen LogP contribution in [0, 0.1) is 11.8 Å². The van der Waals surface area contributed by atoms with Crippen molar-refractivity contribution in [2.45, 2.75) is 33.6 Å². The summed E-state index contributed by atoms with van der Waals surface area (Å²) < 4.78 is 1.88. The molecule has 1 rings (SSSR count). The molecular weight excluding hydrogens is 198 g/mol. The van der Waals surface area contributed by atoms with Crippen molar-refractivity contribution in [2.24, 2.45) is 18.9 Å². The molecule has 1 heterocycles. The predicted octanol–water partition coefficient (Wildman–Crippen LogP) is 2.23. The first-order valence-corrected chi connectivity index (χ1v) is 6.31. The van der Waals surface area contributed by atoms with Crippen molar-refractivity contribution in [3.05, 3.63) is 18.0 Å². The van der Waals surface area contributed by atoms with Crippen molar-refractivity contribution in [3.63, 3.8) is 0 Å². The highest BCUT2D eigenvalue weighted by Crippen LogP contribution is 2.17. The van der Waals surface area contributed by atoms with E-state index in [1.54, 1.807) is 0 Å². The van der Waals surface area contributed by atoms with Crippen molar-refractivity contribution >= 4 is 0 Å². The van der Waals surface area contributed by atoms with E-state index in [0.717, 1.165) is 31.3 Å². The largest absolute Gasteiger partial charge is 0.317 e. The van der Waals surface area contributed by atoms with Gasteiger partial charge in [0.15, 0.2) is 0 Å². The molecule has 0 aliphatic rings. The Morgan fingerprint density at radius 1 is 1.38 bits per heavy atom. The van der Waals surface area contributed by atoms with E-state index in [0.29, 0.717) is 0 Å². The molecular formula is C13H25N3. The van der Waals surface area contributed by atoms with Gasteiger partial charge in [0, 0.05) is 13.2 Å². The van der Waals surface area contributed by atoms with E-state index in [4.69, 9.17) is 0 Å². The van der Waals surface area contributed by atoms with Crippen LogP contribution >= 0.6 is 0 Å². The van der Waals surface area contributed by atoms with Gasteiger partial charge in [0.2, 0.25) is 0 Å². The molecule has 3 heteroatoms. The van der Waals surface area contributed by atoms with Crippen molar-refractivity contribution in [2.75, 3.05) is 13.1 Å². The van der Waals surface area contributed by atoms with Crippen molar-refractivity contribution in [3.8, 4) is 0 Å². The van der Waals surface area contributed by atoms with Gasteiger partial charge in [0.05, 0.1) is 6.20 Å². The summed E-state index contributed by atoms with van der Waals surface area (Å²) in [6, 6.07) is 0. The average Bonchev–Trinajstić information content (AvgIpc) is 2.68. The molecule has 0 bridgehead atoms. The van der Waals surface area contributed by atoms with Crippen LogP contribution in [0.15, 0.2) is 12.4 Å². The molecule has 1 aromatic heterocycles. The standard InChI is InChI=1S/C13H25N3/c1-5-14-8-12(3)11(2)6-7-13-9-15-16(4)10-13/h9-12,14H,5-8H2,1-4H3. The fraction of sp³-hybridized carbons (Fsp3) is 0.769. The van der Waals surface area contributed by atoms with Crippen LogP contribution in [0.25, 0.3) is 0 Å². The normalized spacial score (nSPS) is 15.0. The van der Waals surface area contributed by atoms with E-state index >= 15 is 0 Å². The summed E-state index contributed by atoms with van der Waals surface area (Å²) in [5.41, 5.74) is 1.35. The molecule has 0 radical (unpaired) electrons. The Labute approximate surface area is 99.2 Å². The number of hydrogen-bond acceptors (Lipinski definition) is 2. The van der Waals surface area contributed by atoms with Crippen molar-refractivity contribution in [1.82, 2.24) is 15.1 Å². The van der Waals surface area contributed by atoms with Gasteiger partial charge in [0.25, 0.3) is 0 Å². The van der Waals surface area contributed by atoms with E-state index in [9.17, 15) is 0 Å². The second-order valence-corrected chi connectivity index (χ2v) is 4.82. The molecule has 0 amide bonds. The van der Waals surface area contributed by atoms with Crippen LogP contribution in [0.5, 0.6) is 0 Å². The molecule has 2 atom stereocenters. The van der Waals surface area contributed by atoms with Crippen molar-refractivity contribution in [1.29, 1.82) is 0 Å². The Balaban J connectivity index is 2.26. The lowest BCUT2D eigenvalue weighted by molar-refractivity contribution is 0.350. The van der Waals surface area contributed by atoms with Gasteiger partial charge in [-0.3, -0.25) is 4.68 Å². The third-order valence-corrected chi connectivity index (χ3v) is 3.33. The van der Waals surface area contributed by atoms with Gasteiger partial charge in [0.1, 0.15) is 0 Å². The van der Waals surface area contributed by atoms with Gasteiger partial charge in [-0.15, -0.1) is 0 Å². The summed E-state index contributed by atoms with van der Waals surface area (Å²) in [5.74, 6) is 1.51. The van der Waals surface area contributed by atoms with Crippen molar-refractivity contribution < 1.29 is 0 Å². The molecule has 0 saturated heterocycles. The predicted molar refractivity (Wildman–Crippen MR) is 68.4 cm³/mol. The number of nitrogens with zero attached hydrogens (tertiary/aromatic N) is 2. The van der Waals surface area contributed by atoms with E-state index in [1.165, 1.54) is 12.0 Å².